The lowest BCUT2D eigenvalue weighted by Gasteiger charge is -2.13. The highest BCUT2D eigenvalue weighted by Gasteiger charge is 2.27. The Morgan fingerprint density at radius 3 is 3.25 bits per heavy atom. The zero-order valence-electron chi connectivity index (χ0n) is 8.94. The smallest absolute Gasteiger partial charge is 0.285 e. The Labute approximate surface area is 94.1 Å². The van der Waals surface area contributed by atoms with Crippen molar-refractivity contribution in [1.82, 2.24) is 10.3 Å². The molecule has 0 bridgehead atoms. The fourth-order valence-electron chi connectivity index (χ4n) is 2.15. The summed E-state index contributed by atoms with van der Waals surface area (Å²) in [5.41, 5.74) is 3.27. The highest BCUT2D eigenvalue weighted by Crippen LogP contribution is 2.36. The van der Waals surface area contributed by atoms with Crippen LogP contribution in [0.5, 0.6) is 0 Å². The number of rotatable bonds is 1. The van der Waals surface area contributed by atoms with E-state index in [4.69, 9.17) is 4.74 Å². The third-order valence-electron chi connectivity index (χ3n) is 2.88. The zero-order chi connectivity index (χ0) is 11.0. The Bertz CT molecular complexity index is 467. The minimum atomic E-state index is 0.202. The van der Waals surface area contributed by atoms with Crippen LogP contribution < -0.4 is 5.32 Å². The normalized spacial score (nSPS) is 22.6. The molecule has 0 fully saturated rings. The van der Waals surface area contributed by atoms with Gasteiger partial charge in [0, 0.05) is 11.8 Å². The maximum atomic E-state index is 5.35. The third kappa shape index (κ3) is 1.46. The van der Waals surface area contributed by atoms with Crippen molar-refractivity contribution in [3.05, 3.63) is 36.2 Å². The molecule has 4 heteroatoms. The highest BCUT2D eigenvalue weighted by atomic mass is 16.5. The Kier molecular flexibility index (Phi) is 2.13. The Morgan fingerprint density at radius 2 is 2.44 bits per heavy atom. The van der Waals surface area contributed by atoms with Crippen LogP contribution in [0.3, 0.4) is 0 Å². The molecule has 0 spiro atoms. The molecule has 82 valence electrons. The van der Waals surface area contributed by atoms with E-state index in [1.165, 1.54) is 5.56 Å². The molecular weight excluding hydrogens is 202 g/mol. The summed E-state index contributed by atoms with van der Waals surface area (Å²) in [6.45, 7) is 5.46. The van der Waals surface area contributed by atoms with Crippen molar-refractivity contribution < 1.29 is 4.74 Å². The summed E-state index contributed by atoms with van der Waals surface area (Å²) in [5.74, 6) is 0. The maximum Gasteiger partial charge on any atom is 0.285 e. The second-order valence-corrected chi connectivity index (χ2v) is 3.98. The minimum absolute atomic E-state index is 0.202. The van der Waals surface area contributed by atoms with Crippen molar-refractivity contribution in [2.75, 3.05) is 13.2 Å². The highest BCUT2D eigenvalue weighted by molar-refractivity contribution is 5.78. The maximum absolute atomic E-state index is 5.35. The van der Waals surface area contributed by atoms with E-state index < -0.39 is 0 Å². The number of hydrogen-bond donors (Lipinski definition) is 1. The van der Waals surface area contributed by atoms with E-state index in [1.807, 2.05) is 6.07 Å². The predicted molar refractivity (Wildman–Crippen MR) is 62.0 cm³/mol. The molecule has 0 radical (unpaired) electrons. The molecule has 1 atom stereocenters. The van der Waals surface area contributed by atoms with E-state index in [0.29, 0.717) is 12.6 Å². The van der Waals surface area contributed by atoms with Crippen LogP contribution in [0.15, 0.2) is 29.9 Å². The van der Waals surface area contributed by atoms with Crippen LogP contribution in [0, 0.1) is 0 Å². The SMILES string of the molecule is C=C1CC(NC2=NCCO2)c2cccnc21. The number of aliphatic imine (C=N–C) groups is 1. The Morgan fingerprint density at radius 1 is 1.50 bits per heavy atom. The van der Waals surface area contributed by atoms with Crippen molar-refractivity contribution in [3.63, 3.8) is 0 Å². The van der Waals surface area contributed by atoms with Gasteiger partial charge >= 0.3 is 0 Å². The second kappa shape index (κ2) is 3.63. The fraction of sp³-hybridized carbons (Fsp3) is 0.333. The average molecular weight is 215 g/mol. The van der Waals surface area contributed by atoms with Crippen LogP contribution in [0.4, 0.5) is 0 Å². The van der Waals surface area contributed by atoms with E-state index in [9.17, 15) is 0 Å². The molecule has 16 heavy (non-hydrogen) atoms. The summed E-state index contributed by atoms with van der Waals surface area (Å²) in [4.78, 5) is 8.58. The first-order valence-corrected chi connectivity index (χ1v) is 5.41. The van der Waals surface area contributed by atoms with Gasteiger partial charge in [0.2, 0.25) is 0 Å². The van der Waals surface area contributed by atoms with Gasteiger partial charge < -0.3 is 10.1 Å². The number of nitrogens with zero attached hydrogens (tertiary/aromatic N) is 2. The number of hydrogen-bond acceptors (Lipinski definition) is 4. The van der Waals surface area contributed by atoms with E-state index in [0.717, 1.165) is 24.2 Å². The number of amidine groups is 1. The number of nitrogens with one attached hydrogen (secondary N) is 1. The first kappa shape index (κ1) is 9.39. The van der Waals surface area contributed by atoms with Crippen molar-refractivity contribution in [2.24, 2.45) is 4.99 Å². The van der Waals surface area contributed by atoms with Crippen LogP contribution in [-0.4, -0.2) is 24.2 Å². The third-order valence-corrected chi connectivity index (χ3v) is 2.88. The van der Waals surface area contributed by atoms with Gasteiger partial charge in [-0.2, -0.15) is 0 Å². The van der Waals surface area contributed by atoms with Crippen LogP contribution in [0.25, 0.3) is 5.57 Å². The van der Waals surface area contributed by atoms with Gasteiger partial charge in [0.05, 0.1) is 18.3 Å². The van der Waals surface area contributed by atoms with Crippen LogP contribution in [0.2, 0.25) is 0 Å². The molecular formula is C12H13N3O. The topological polar surface area (TPSA) is 46.5 Å². The van der Waals surface area contributed by atoms with E-state index in [1.54, 1.807) is 6.20 Å². The Hall–Kier alpha value is -1.84. The summed E-state index contributed by atoms with van der Waals surface area (Å²) in [6.07, 6.45) is 2.67. The van der Waals surface area contributed by atoms with Crippen LogP contribution in [-0.2, 0) is 4.74 Å². The van der Waals surface area contributed by atoms with Gasteiger partial charge in [0.25, 0.3) is 6.02 Å². The summed E-state index contributed by atoms with van der Waals surface area (Å²) in [6, 6.07) is 4.87. The summed E-state index contributed by atoms with van der Waals surface area (Å²) in [5, 5.41) is 3.29. The molecule has 0 amide bonds. The molecule has 1 unspecified atom stereocenters. The van der Waals surface area contributed by atoms with E-state index >= 15 is 0 Å². The van der Waals surface area contributed by atoms with Gasteiger partial charge in [-0.15, -0.1) is 0 Å². The molecule has 0 aromatic carbocycles. The van der Waals surface area contributed by atoms with Gasteiger partial charge in [-0.05, 0) is 18.1 Å². The van der Waals surface area contributed by atoms with Gasteiger partial charge in [0.15, 0.2) is 0 Å². The standard InChI is InChI=1S/C12H13N3O/c1-8-7-10(15-12-14-5-6-16-12)9-3-2-4-13-11(8)9/h2-4,10H,1,5-7H2,(H,14,15). The van der Waals surface area contributed by atoms with E-state index in [-0.39, 0.29) is 6.04 Å². The second-order valence-electron chi connectivity index (χ2n) is 3.98. The summed E-state index contributed by atoms with van der Waals surface area (Å²) < 4.78 is 5.35. The first-order chi connectivity index (χ1) is 7.84. The quantitative estimate of drug-likeness (QED) is 0.772. The monoisotopic (exact) mass is 215 g/mol. The molecule has 1 aliphatic carbocycles. The Balaban J connectivity index is 1.86. The molecule has 3 rings (SSSR count). The number of ether oxygens (including phenoxy) is 1. The summed E-state index contributed by atoms with van der Waals surface area (Å²) in [7, 11) is 0. The molecule has 4 nitrogen and oxygen atoms in total. The number of aromatic nitrogens is 1. The van der Waals surface area contributed by atoms with Gasteiger partial charge in [0.1, 0.15) is 6.61 Å². The van der Waals surface area contributed by atoms with Crippen molar-refractivity contribution in [3.8, 4) is 0 Å². The lowest BCUT2D eigenvalue weighted by atomic mass is 10.1. The van der Waals surface area contributed by atoms with Crippen molar-refractivity contribution >= 4 is 11.6 Å². The van der Waals surface area contributed by atoms with Crippen LogP contribution >= 0.6 is 0 Å². The average Bonchev–Trinajstić information content (AvgIpc) is 2.90. The molecule has 2 aliphatic rings. The van der Waals surface area contributed by atoms with Gasteiger partial charge in [-0.25, -0.2) is 4.99 Å². The molecule has 0 saturated carbocycles. The lowest BCUT2D eigenvalue weighted by Crippen LogP contribution is -2.27. The molecule has 1 aromatic rings. The number of pyridine rings is 1. The lowest BCUT2D eigenvalue weighted by molar-refractivity contribution is 0.326. The molecule has 1 N–H and O–H groups in total. The van der Waals surface area contributed by atoms with Gasteiger partial charge in [-0.1, -0.05) is 12.6 Å². The largest absolute Gasteiger partial charge is 0.463 e. The van der Waals surface area contributed by atoms with Crippen molar-refractivity contribution in [1.29, 1.82) is 0 Å². The molecule has 2 heterocycles. The fourth-order valence-corrected chi connectivity index (χ4v) is 2.15. The summed E-state index contributed by atoms with van der Waals surface area (Å²) >= 11 is 0. The van der Waals surface area contributed by atoms with Crippen LogP contribution in [0.1, 0.15) is 23.7 Å². The van der Waals surface area contributed by atoms with E-state index in [2.05, 4.69) is 27.9 Å². The molecule has 1 aliphatic heterocycles. The molecule has 0 saturated heterocycles. The number of fused-ring (bicyclic) bond motifs is 1. The van der Waals surface area contributed by atoms with Gasteiger partial charge in [-0.3, -0.25) is 4.98 Å². The molecule has 1 aromatic heterocycles. The predicted octanol–water partition coefficient (Wildman–Crippen LogP) is 1.52. The zero-order valence-corrected chi connectivity index (χ0v) is 8.94. The first-order valence-electron chi connectivity index (χ1n) is 5.41. The van der Waals surface area contributed by atoms with Crippen molar-refractivity contribution in [2.45, 2.75) is 12.5 Å². The minimum Gasteiger partial charge on any atom is -0.463 e.